The summed E-state index contributed by atoms with van der Waals surface area (Å²) in [4.78, 5) is 0. The third-order valence-electron chi connectivity index (χ3n) is 3.73. The highest BCUT2D eigenvalue weighted by atomic mass is 16.5. The molecule has 2 rings (SSSR count). The summed E-state index contributed by atoms with van der Waals surface area (Å²) in [5.41, 5.74) is 0.736. The molecule has 100 valence electrons. The van der Waals surface area contributed by atoms with Crippen molar-refractivity contribution in [2.24, 2.45) is 0 Å². The Bertz CT molecular complexity index is 355. The van der Waals surface area contributed by atoms with Gasteiger partial charge in [-0.2, -0.15) is 0 Å². The molecule has 1 fully saturated rings. The molecule has 0 amide bonds. The number of ether oxygens (including phenoxy) is 1. The largest absolute Gasteiger partial charge is 0.497 e. The molecule has 0 heterocycles. The van der Waals surface area contributed by atoms with Crippen LogP contribution >= 0.6 is 0 Å². The second-order valence-corrected chi connectivity index (χ2v) is 5.24. The summed E-state index contributed by atoms with van der Waals surface area (Å²) in [7, 11) is 1.67. The molecule has 1 saturated carbocycles. The van der Waals surface area contributed by atoms with E-state index in [0.717, 1.165) is 38.0 Å². The highest BCUT2D eigenvalue weighted by Gasteiger charge is 2.28. The molecule has 1 aromatic carbocycles. The number of hydrogen-bond acceptors (Lipinski definition) is 3. The van der Waals surface area contributed by atoms with Gasteiger partial charge in [-0.15, -0.1) is 0 Å². The van der Waals surface area contributed by atoms with Gasteiger partial charge in [-0.1, -0.05) is 31.4 Å². The van der Waals surface area contributed by atoms with Gasteiger partial charge in [-0.3, -0.25) is 0 Å². The lowest BCUT2D eigenvalue weighted by Crippen LogP contribution is -2.41. The minimum Gasteiger partial charge on any atom is -0.497 e. The topological polar surface area (TPSA) is 41.5 Å². The van der Waals surface area contributed by atoms with Gasteiger partial charge in [0.05, 0.1) is 12.7 Å². The number of benzene rings is 1. The fraction of sp³-hybridized carbons (Fsp3) is 0.600. The lowest BCUT2D eigenvalue weighted by Gasteiger charge is -2.32. The van der Waals surface area contributed by atoms with Crippen LogP contribution in [0.15, 0.2) is 24.3 Å². The van der Waals surface area contributed by atoms with Gasteiger partial charge in [-0.25, -0.2) is 0 Å². The lowest BCUT2D eigenvalue weighted by atomic mass is 9.85. The van der Waals surface area contributed by atoms with Gasteiger partial charge in [0.25, 0.3) is 0 Å². The summed E-state index contributed by atoms with van der Waals surface area (Å²) in [5.74, 6) is 0.879. The quantitative estimate of drug-likeness (QED) is 0.842. The van der Waals surface area contributed by atoms with Gasteiger partial charge in [0.1, 0.15) is 5.75 Å². The van der Waals surface area contributed by atoms with Crippen LogP contribution in [-0.4, -0.2) is 24.4 Å². The summed E-state index contributed by atoms with van der Waals surface area (Å²) >= 11 is 0. The number of aliphatic hydroxyl groups is 1. The fourth-order valence-electron chi connectivity index (χ4n) is 2.57. The maximum atomic E-state index is 10.3. The Morgan fingerprint density at radius 2 is 1.83 bits per heavy atom. The Balaban J connectivity index is 1.77. The molecule has 0 atom stereocenters. The first-order valence-electron chi connectivity index (χ1n) is 6.78. The van der Waals surface area contributed by atoms with E-state index in [1.54, 1.807) is 7.11 Å². The third kappa shape index (κ3) is 3.72. The molecule has 0 radical (unpaired) electrons. The average molecular weight is 249 g/mol. The molecule has 3 nitrogen and oxygen atoms in total. The van der Waals surface area contributed by atoms with Crippen LogP contribution in [0.3, 0.4) is 0 Å². The van der Waals surface area contributed by atoms with Crippen molar-refractivity contribution in [3.05, 3.63) is 29.8 Å². The first-order chi connectivity index (χ1) is 8.72. The molecule has 18 heavy (non-hydrogen) atoms. The Morgan fingerprint density at radius 1 is 1.17 bits per heavy atom. The highest BCUT2D eigenvalue weighted by Crippen LogP contribution is 2.27. The maximum Gasteiger partial charge on any atom is 0.118 e. The summed E-state index contributed by atoms with van der Waals surface area (Å²) < 4.78 is 5.12. The van der Waals surface area contributed by atoms with Crippen LogP contribution in [0.2, 0.25) is 0 Å². The molecule has 0 spiro atoms. The molecular weight excluding hydrogens is 226 g/mol. The molecule has 0 aromatic heterocycles. The Morgan fingerprint density at radius 3 is 2.44 bits per heavy atom. The van der Waals surface area contributed by atoms with Crippen molar-refractivity contribution in [3.63, 3.8) is 0 Å². The predicted molar refractivity (Wildman–Crippen MR) is 72.7 cm³/mol. The molecular formula is C15H23NO2. The van der Waals surface area contributed by atoms with E-state index in [1.165, 1.54) is 12.0 Å². The fourth-order valence-corrected chi connectivity index (χ4v) is 2.57. The number of nitrogens with one attached hydrogen (secondary N) is 1. The zero-order valence-corrected chi connectivity index (χ0v) is 11.1. The van der Waals surface area contributed by atoms with Crippen LogP contribution in [0.4, 0.5) is 0 Å². The zero-order chi connectivity index (χ0) is 12.8. The van der Waals surface area contributed by atoms with E-state index in [9.17, 15) is 5.11 Å². The van der Waals surface area contributed by atoms with Gasteiger partial charge in [0.2, 0.25) is 0 Å². The second kappa shape index (κ2) is 6.21. The van der Waals surface area contributed by atoms with E-state index >= 15 is 0 Å². The van der Waals surface area contributed by atoms with Crippen molar-refractivity contribution in [1.82, 2.24) is 5.32 Å². The SMILES string of the molecule is COc1ccc(CNCC2(O)CCCCC2)cc1. The van der Waals surface area contributed by atoms with Crippen molar-refractivity contribution in [2.45, 2.75) is 44.2 Å². The molecule has 2 N–H and O–H groups in total. The van der Waals surface area contributed by atoms with Gasteiger partial charge in [-0.05, 0) is 30.5 Å². The minimum absolute atomic E-state index is 0.481. The summed E-state index contributed by atoms with van der Waals surface area (Å²) in [6.07, 6.45) is 5.44. The van der Waals surface area contributed by atoms with E-state index in [2.05, 4.69) is 17.4 Å². The smallest absolute Gasteiger partial charge is 0.118 e. The molecule has 1 aliphatic carbocycles. The zero-order valence-electron chi connectivity index (χ0n) is 11.1. The van der Waals surface area contributed by atoms with E-state index in [4.69, 9.17) is 4.74 Å². The Hall–Kier alpha value is -1.06. The number of methoxy groups -OCH3 is 1. The van der Waals surface area contributed by atoms with Crippen LogP contribution in [-0.2, 0) is 6.54 Å². The first-order valence-corrected chi connectivity index (χ1v) is 6.78. The van der Waals surface area contributed by atoms with Crippen molar-refractivity contribution in [1.29, 1.82) is 0 Å². The number of hydrogen-bond donors (Lipinski definition) is 2. The maximum absolute atomic E-state index is 10.3. The molecule has 3 heteroatoms. The van der Waals surface area contributed by atoms with Gasteiger partial charge in [0, 0.05) is 13.1 Å². The normalized spacial score (nSPS) is 18.6. The lowest BCUT2D eigenvalue weighted by molar-refractivity contribution is 0.00467. The second-order valence-electron chi connectivity index (χ2n) is 5.24. The van der Waals surface area contributed by atoms with Crippen LogP contribution in [0.25, 0.3) is 0 Å². The van der Waals surface area contributed by atoms with Crippen LogP contribution in [0, 0.1) is 0 Å². The van der Waals surface area contributed by atoms with Gasteiger partial charge >= 0.3 is 0 Å². The molecule has 1 aliphatic rings. The van der Waals surface area contributed by atoms with Crippen molar-refractivity contribution in [2.75, 3.05) is 13.7 Å². The van der Waals surface area contributed by atoms with Crippen LogP contribution in [0.1, 0.15) is 37.7 Å². The standard InChI is InChI=1S/C15H23NO2/c1-18-14-7-5-13(6-8-14)11-16-12-15(17)9-3-2-4-10-15/h5-8,16-17H,2-4,9-12H2,1H3. The van der Waals surface area contributed by atoms with Crippen molar-refractivity contribution in [3.8, 4) is 5.75 Å². The Kier molecular flexibility index (Phi) is 4.61. The Labute approximate surface area is 109 Å². The summed E-state index contributed by atoms with van der Waals surface area (Å²) in [5, 5.41) is 13.7. The molecule has 1 aromatic rings. The van der Waals surface area contributed by atoms with Crippen LogP contribution < -0.4 is 10.1 Å². The van der Waals surface area contributed by atoms with E-state index in [-0.39, 0.29) is 0 Å². The van der Waals surface area contributed by atoms with Gasteiger partial charge in [0.15, 0.2) is 0 Å². The average Bonchev–Trinajstić information content (AvgIpc) is 2.40. The highest BCUT2D eigenvalue weighted by molar-refractivity contribution is 5.27. The van der Waals surface area contributed by atoms with E-state index in [0.29, 0.717) is 6.54 Å². The molecule has 0 unspecified atom stereocenters. The number of rotatable bonds is 5. The third-order valence-corrected chi connectivity index (χ3v) is 3.73. The van der Waals surface area contributed by atoms with Gasteiger partial charge < -0.3 is 15.2 Å². The molecule has 0 saturated heterocycles. The first kappa shape index (κ1) is 13.4. The van der Waals surface area contributed by atoms with Crippen LogP contribution in [0.5, 0.6) is 5.75 Å². The van der Waals surface area contributed by atoms with E-state index in [1.807, 2.05) is 12.1 Å². The summed E-state index contributed by atoms with van der Waals surface area (Å²) in [6.45, 7) is 1.49. The molecule has 0 bridgehead atoms. The monoisotopic (exact) mass is 249 g/mol. The van der Waals surface area contributed by atoms with Crippen molar-refractivity contribution < 1.29 is 9.84 Å². The van der Waals surface area contributed by atoms with E-state index < -0.39 is 5.60 Å². The minimum atomic E-state index is -0.481. The molecule has 0 aliphatic heterocycles. The summed E-state index contributed by atoms with van der Waals surface area (Å²) in [6, 6.07) is 8.03. The predicted octanol–water partition coefficient (Wildman–Crippen LogP) is 2.48. The van der Waals surface area contributed by atoms with Crippen molar-refractivity contribution >= 4 is 0 Å².